The molecule has 1 saturated heterocycles. The summed E-state index contributed by atoms with van der Waals surface area (Å²) in [5, 5.41) is 2.89. The molecule has 0 radical (unpaired) electrons. The van der Waals surface area contributed by atoms with Gasteiger partial charge in [-0.2, -0.15) is 0 Å². The second kappa shape index (κ2) is 4.66. The summed E-state index contributed by atoms with van der Waals surface area (Å²) in [5.74, 6) is -0.0972. The third kappa shape index (κ3) is 2.52. The quantitative estimate of drug-likeness (QED) is 0.797. The molecule has 0 amide bonds. The van der Waals surface area contributed by atoms with Gasteiger partial charge in [-0.1, -0.05) is 0 Å². The molecular weight excluding hydrogens is 253 g/mol. The Balaban J connectivity index is 1.79. The van der Waals surface area contributed by atoms with Crippen LogP contribution in [-0.4, -0.2) is 24.3 Å². The average Bonchev–Trinajstić information content (AvgIpc) is 3.08. The summed E-state index contributed by atoms with van der Waals surface area (Å²) < 4.78 is 24.2. The van der Waals surface area contributed by atoms with Crippen LogP contribution in [0.3, 0.4) is 0 Å². The van der Waals surface area contributed by atoms with Crippen molar-refractivity contribution >= 4 is 11.3 Å². The fourth-order valence-corrected chi connectivity index (χ4v) is 2.24. The molecule has 18 heavy (non-hydrogen) atoms. The van der Waals surface area contributed by atoms with Gasteiger partial charge in [0.25, 0.3) is 0 Å². The maximum Gasteiger partial charge on any atom is 0.165 e. The number of rotatable bonds is 4. The van der Waals surface area contributed by atoms with E-state index < -0.39 is 0 Å². The van der Waals surface area contributed by atoms with Crippen molar-refractivity contribution in [1.29, 1.82) is 0 Å². The Hall–Kier alpha value is -1.46. The number of hydrogen-bond acceptors (Lipinski definition) is 4. The highest BCUT2D eigenvalue weighted by atomic mass is 32.1. The van der Waals surface area contributed by atoms with Crippen molar-refractivity contribution in [2.24, 2.45) is 0 Å². The highest BCUT2D eigenvalue weighted by Gasteiger charge is 2.23. The van der Waals surface area contributed by atoms with Gasteiger partial charge >= 0.3 is 0 Å². The Morgan fingerprint density at radius 2 is 2.39 bits per heavy atom. The Morgan fingerprint density at radius 3 is 3.00 bits per heavy atom. The molecule has 1 aliphatic rings. The third-order valence-corrected chi connectivity index (χ3v) is 3.45. The van der Waals surface area contributed by atoms with Crippen molar-refractivity contribution in [2.75, 3.05) is 13.2 Å². The third-order valence-electron chi connectivity index (χ3n) is 2.67. The molecule has 1 atom stereocenters. The summed E-state index contributed by atoms with van der Waals surface area (Å²) in [5.41, 5.74) is 1.57. The number of aryl methyl sites for hydroxylation is 1. The molecule has 1 aliphatic heterocycles. The Morgan fingerprint density at radius 1 is 1.56 bits per heavy atom. The van der Waals surface area contributed by atoms with Crippen LogP contribution in [0.2, 0.25) is 0 Å². The fraction of sp³-hybridized carbons (Fsp3) is 0.308. The van der Waals surface area contributed by atoms with Crippen molar-refractivity contribution in [3.8, 4) is 17.0 Å². The van der Waals surface area contributed by atoms with Crippen LogP contribution in [0.1, 0.15) is 5.01 Å². The van der Waals surface area contributed by atoms with E-state index in [9.17, 15) is 4.39 Å². The first-order valence-corrected chi connectivity index (χ1v) is 6.57. The smallest absolute Gasteiger partial charge is 0.165 e. The van der Waals surface area contributed by atoms with Gasteiger partial charge in [0, 0.05) is 10.9 Å². The lowest BCUT2D eigenvalue weighted by atomic mass is 10.1. The van der Waals surface area contributed by atoms with E-state index in [0.717, 1.165) is 16.3 Å². The van der Waals surface area contributed by atoms with Crippen molar-refractivity contribution < 1.29 is 13.9 Å². The van der Waals surface area contributed by atoms with Gasteiger partial charge in [-0.25, -0.2) is 9.37 Å². The highest BCUT2D eigenvalue weighted by Crippen LogP contribution is 2.27. The van der Waals surface area contributed by atoms with Crippen LogP contribution in [0.25, 0.3) is 11.3 Å². The van der Waals surface area contributed by atoms with Gasteiger partial charge in [-0.3, -0.25) is 0 Å². The van der Waals surface area contributed by atoms with Gasteiger partial charge in [0.1, 0.15) is 12.7 Å². The summed E-state index contributed by atoms with van der Waals surface area (Å²) in [6, 6.07) is 4.92. The summed E-state index contributed by atoms with van der Waals surface area (Å²) in [6.45, 7) is 3.04. The minimum Gasteiger partial charge on any atom is -0.488 e. The van der Waals surface area contributed by atoms with Crippen LogP contribution in [-0.2, 0) is 4.74 Å². The largest absolute Gasteiger partial charge is 0.488 e. The van der Waals surface area contributed by atoms with Gasteiger partial charge in [0.05, 0.1) is 17.3 Å². The van der Waals surface area contributed by atoms with Crippen LogP contribution < -0.4 is 4.74 Å². The Kier molecular flexibility index (Phi) is 3.01. The first-order valence-electron chi connectivity index (χ1n) is 5.69. The van der Waals surface area contributed by atoms with E-state index >= 15 is 0 Å². The number of thiazole rings is 1. The van der Waals surface area contributed by atoms with Crippen LogP contribution in [0.4, 0.5) is 4.39 Å². The molecule has 3 rings (SSSR count). The summed E-state index contributed by atoms with van der Waals surface area (Å²) in [7, 11) is 0. The fourth-order valence-electron chi connectivity index (χ4n) is 1.62. The molecule has 0 N–H and O–H groups in total. The molecule has 94 valence electrons. The molecule has 2 aromatic rings. The number of ether oxygens (including phenoxy) is 2. The summed E-state index contributed by atoms with van der Waals surface area (Å²) in [4.78, 5) is 4.33. The maximum absolute atomic E-state index is 13.8. The molecule has 3 nitrogen and oxygen atoms in total. The maximum atomic E-state index is 13.8. The van der Waals surface area contributed by atoms with E-state index in [-0.39, 0.29) is 17.7 Å². The number of halogens is 1. The lowest BCUT2D eigenvalue weighted by Crippen LogP contribution is -2.05. The van der Waals surface area contributed by atoms with Crippen molar-refractivity contribution in [2.45, 2.75) is 13.0 Å². The molecule has 1 aromatic carbocycles. The molecule has 1 unspecified atom stereocenters. The zero-order valence-electron chi connectivity index (χ0n) is 9.85. The van der Waals surface area contributed by atoms with Crippen molar-refractivity contribution in [3.05, 3.63) is 34.4 Å². The highest BCUT2D eigenvalue weighted by molar-refractivity contribution is 7.09. The van der Waals surface area contributed by atoms with E-state index in [1.807, 2.05) is 18.4 Å². The zero-order valence-corrected chi connectivity index (χ0v) is 10.7. The van der Waals surface area contributed by atoms with Crippen molar-refractivity contribution in [1.82, 2.24) is 4.98 Å². The standard InChI is InChI=1S/C13H12FNO2S/c1-8-15-12(7-18-8)9-2-3-13(11(14)4-9)17-6-10-5-16-10/h2-4,7,10H,5-6H2,1H3. The Labute approximate surface area is 108 Å². The number of benzene rings is 1. The predicted molar refractivity (Wildman–Crippen MR) is 67.5 cm³/mol. The minimum absolute atomic E-state index is 0.130. The summed E-state index contributed by atoms with van der Waals surface area (Å²) >= 11 is 1.55. The van der Waals surface area contributed by atoms with Crippen LogP contribution in [0.5, 0.6) is 5.75 Å². The summed E-state index contributed by atoms with van der Waals surface area (Å²) in [6.07, 6.45) is 0.130. The molecule has 1 aromatic heterocycles. The average molecular weight is 265 g/mol. The lowest BCUT2D eigenvalue weighted by Gasteiger charge is -2.06. The van der Waals surface area contributed by atoms with Crippen molar-refractivity contribution in [3.63, 3.8) is 0 Å². The minimum atomic E-state index is -0.362. The number of nitrogens with zero attached hydrogens (tertiary/aromatic N) is 1. The van der Waals surface area contributed by atoms with E-state index in [4.69, 9.17) is 9.47 Å². The predicted octanol–water partition coefficient (Wildman–Crippen LogP) is 3.04. The SMILES string of the molecule is Cc1nc(-c2ccc(OCC3CO3)c(F)c2)cs1. The van der Waals surface area contributed by atoms with Gasteiger partial charge in [0.2, 0.25) is 0 Å². The van der Waals surface area contributed by atoms with E-state index in [0.29, 0.717) is 13.2 Å². The van der Waals surface area contributed by atoms with E-state index in [2.05, 4.69) is 4.98 Å². The molecule has 0 aliphatic carbocycles. The lowest BCUT2D eigenvalue weighted by molar-refractivity contribution is 0.254. The number of epoxide rings is 1. The Bertz CT molecular complexity index is 566. The van der Waals surface area contributed by atoms with Crippen LogP contribution >= 0.6 is 11.3 Å². The van der Waals surface area contributed by atoms with Gasteiger partial charge < -0.3 is 9.47 Å². The van der Waals surface area contributed by atoms with E-state index in [1.165, 1.54) is 6.07 Å². The second-order valence-electron chi connectivity index (χ2n) is 4.16. The molecule has 0 bridgehead atoms. The second-order valence-corrected chi connectivity index (χ2v) is 5.23. The molecular formula is C13H12FNO2S. The van der Waals surface area contributed by atoms with Gasteiger partial charge in [-0.15, -0.1) is 11.3 Å². The topological polar surface area (TPSA) is 34.6 Å². The molecule has 5 heteroatoms. The first-order chi connectivity index (χ1) is 8.72. The molecule has 2 heterocycles. The normalized spacial score (nSPS) is 17.8. The first kappa shape index (κ1) is 11.6. The number of aromatic nitrogens is 1. The number of hydrogen-bond donors (Lipinski definition) is 0. The van der Waals surface area contributed by atoms with Gasteiger partial charge in [0.15, 0.2) is 11.6 Å². The van der Waals surface area contributed by atoms with Gasteiger partial charge in [-0.05, 0) is 25.1 Å². The molecule has 0 spiro atoms. The van der Waals surface area contributed by atoms with E-state index in [1.54, 1.807) is 17.4 Å². The molecule has 0 saturated carbocycles. The van der Waals surface area contributed by atoms with Crippen LogP contribution in [0, 0.1) is 12.7 Å². The molecule has 1 fully saturated rings. The van der Waals surface area contributed by atoms with Crippen LogP contribution in [0.15, 0.2) is 23.6 Å². The monoisotopic (exact) mass is 265 g/mol. The zero-order chi connectivity index (χ0) is 12.5.